The molecule has 0 aliphatic carbocycles. The Bertz CT molecular complexity index is 1150. The summed E-state index contributed by atoms with van der Waals surface area (Å²) in [5, 5.41) is 11.4. The van der Waals surface area contributed by atoms with Crippen LogP contribution < -0.4 is 4.74 Å². The lowest BCUT2D eigenvalue weighted by molar-refractivity contribution is -0.139. The van der Waals surface area contributed by atoms with Crippen LogP contribution in [0.25, 0.3) is 5.76 Å². The number of likely N-dealkylation sites (tertiary alicyclic amines) is 1. The summed E-state index contributed by atoms with van der Waals surface area (Å²) < 4.78 is 10.2. The average Bonchev–Trinajstić information content (AvgIpc) is 3.25. The monoisotopic (exact) mass is 469 g/mol. The molecule has 1 fully saturated rings. The molecular formula is C25H31N3O6. The standard InChI is InChI=1S/C25H31N3O6/c1-14-18(15(2)26-20(14)25(32)34-6)22(29)19-21(16-9-7-10-17(13-16)33-5)28(24(31)23(19)30)12-8-11-27(3)4/h7,9-10,13,21,26,29H,8,11-12H2,1-6H3/t21-/m0/s1. The molecule has 1 aliphatic heterocycles. The number of nitrogens with one attached hydrogen (secondary N) is 1. The Morgan fingerprint density at radius 2 is 1.91 bits per heavy atom. The zero-order valence-electron chi connectivity index (χ0n) is 20.4. The van der Waals surface area contributed by atoms with Gasteiger partial charge in [0, 0.05) is 17.8 Å². The molecule has 1 amide bonds. The number of Topliss-reactive ketones (excluding diaryl/α,β-unsaturated/α-hetero) is 1. The summed E-state index contributed by atoms with van der Waals surface area (Å²) >= 11 is 0. The number of esters is 1. The van der Waals surface area contributed by atoms with Crippen LogP contribution in [-0.2, 0) is 14.3 Å². The number of aliphatic hydroxyl groups excluding tert-OH is 1. The highest BCUT2D eigenvalue weighted by Gasteiger charge is 2.46. The lowest BCUT2D eigenvalue weighted by atomic mass is 9.94. The summed E-state index contributed by atoms with van der Waals surface area (Å²) in [6, 6.07) is 6.29. The van der Waals surface area contributed by atoms with Gasteiger partial charge in [-0.05, 0) is 64.2 Å². The molecule has 0 spiro atoms. The van der Waals surface area contributed by atoms with Gasteiger partial charge in [0.1, 0.15) is 17.2 Å². The van der Waals surface area contributed by atoms with Crippen LogP contribution in [0.1, 0.15) is 45.3 Å². The van der Waals surface area contributed by atoms with Crippen LogP contribution in [0.15, 0.2) is 29.8 Å². The number of rotatable bonds is 8. The molecule has 2 aromatic rings. The first-order valence-electron chi connectivity index (χ1n) is 11.0. The molecule has 1 aliphatic rings. The lowest BCUT2D eigenvalue weighted by Crippen LogP contribution is -2.32. The molecule has 182 valence electrons. The van der Waals surface area contributed by atoms with Gasteiger partial charge in [-0.15, -0.1) is 0 Å². The van der Waals surface area contributed by atoms with Crippen molar-refractivity contribution in [3.05, 3.63) is 57.9 Å². The van der Waals surface area contributed by atoms with Crippen LogP contribution in [0.5, 0.6) is 5.75 Å². The van der Waals surface area contributed by atoms with Crippen molar-refractivity contribution in [3.63, 3.8) is 0 Å². The number of ether oxygens (including phenoxy) is 2. The normalized spacial score (nSPS) is 17.5. The third kappa shape index (κ3) is 4.56. The van der Waals surface area contributed by atoms with Gasteiger partial charge in [0.2, 0.25) is 0 Å². The van der Waals surface area contributed by atoms with E-state index in [0.29, 0.717) is 41.1 Å². The van der Waals surface area contributed by atoms with Gasteiger partial charge in [0.15, 0.2) is 0 Å². The summed E-state index contributed by atoms with van der Waals surface area (Å²) in [5.41, 5.74) is 2.02. The number of aryl methyl sites for hydroxylation is 1. The molecule has 9 heteroatoms. The van der Waals surface area contributed by atoms with E-state index in [-0.39, 0.29) is 17.0 Å². The van der Waals surface area contributed by atoms with Crippen LogP contribution in [0.3, 0.4) is 0 Å². The van der Waals surface area contributed by atoms with Gasteiger partial charge in [-0.1, -0.05) is 12.1 Å². The van der Waals surface area contributed by atoms with Crippen molar-refractivity contribution < 1.29 is 29.0 Å². The van der Waals surface area contributed by atoms with Gasteiger partial charge in [0.25, 0.3) is 11.7 Å². The van der Waals surface area contributed by atoms with E-state index < -0.39 is 23.7 Å². The maximum Gasteiger partial charge on any atom is 0.354 e. The number of nitrogens with zero attached hydrogens (tertiary/aromatic N) is 2. The molecule has 2 N–H and O–H groups in total. The van der Waals surface area contributed by atoms with Crippen molar-refractivity contribution >= 4 is 23.4 Å². The van der Waals surface area contributed by atoms with E-state index in [1.54, 1.807) is 38.1 Å². The number of aromatic nitrogens is 1. The summed E-state index contributed by atoms with van der Waals surface area (Å²) in [6.07, 6.45) is 0.648. The van der Waals surface area contributed by atoms with Crippen LogP contribution in [0.2, 0.25) is 0 Å². The molecule has 2 heterocycles. The molecule has 34 heavy (non-hydrogen) atoms. The van der Waals surface area contributed by atoms with E-state index in [1.807, 2.05) is 19.0 Å². The number of H-pyrrole nitrogens is 1. The molecular weight excluding hydrogens is 438 g/mol. The number of aliphatic hydroxyl groups is 1. The molecule has 1 aromatic heterocycles. The Balaban J connectivity index is 2.19. The zero-order chi connectivity index (χ0) is 25.2. The molecule has 0 bridgehead atoms. The van der Waals surface area contributed by atoms with Crippen LogP contribution in [0.4, 0.5) is 0 Å². The van der Waals surface area contributed by atoms with E-state index in [2.05, 4.69) is 4.98 Å². The van der Waals surface area contributed by atoms with E-state index in [9.17, 15) is 19.5 Å². The fraction of sp³-hybridized carbons (Fsp3) is 0.400. The van der Waals surface area contributed by atoms with E-state index in [0.717, 1.165) is 6.54 Å². The largest absolute Gasteiger partial charge is 0.507 e. The second-order valence-corrected chi connectivity index (χ2v) is 8.54. The smallest absolute Gasteiger partial charge is 0.354 e. The number of aromatic amines is 1. The van der Waals surface area contributed by atoms with Crippen LogP contribution >= 0.6 is 0 Å². The third-order valence-corrected chi connectivity index (χ3v) is 6.02. The molecule has 0 saturated carbocycles. The minimum atomic E-state index is -0.799. The number of ketones is 1. The number of carbonyl (C=O) groups is 3. The maximum absolute atomic E-state index is 13.2. The maximum atomic E-state index is 13.2. The van der Waals surface area contributed by atoms with Gasteiger partial charge in [-0.3, -0.25) is 9.59 Å². The van der Waals surface area contributed by atoms with Crippen molar-refractivity contribution in [2.45, 2.75) is 26.3 Å². The van der Waals surface area contributed by atoms with Crippen molar-refractivity contribution in [1.29, 1.82) is 0 Å². The number of carbonyl (C=O) groups excluding carboxylic acids is 3. The Morgan fingerprint density at radius 3 is 2.53 bits per heavy atom. The first-order valence-corrected chi connectivity index (χ1v) is 11.0. The Labute approximate surface area is 199 Å². The van der Waals surface area contributed by atoms with Gasteiger partial charge >= 0.3 is 5.97 Å². The third-order valence-electron chi connectivity index (χ3n) is 6.02. The second kappa shape index (κ2) is 10.1. The van der Waals surface area contributed by atoms with E-state index >= 15 is 0 Å². The Kier molecular flexibility index (Phi) is 7.46. The van der Waals surface area contributed by atoms with Gasteiger partial charge < -0.3 is 29.4 Å². The highest BCUT2D eigenvalue weighted by Crippen LogP contribution is 2.41. The molecule has 1 atom stereocenters. The Morgan fingerprint density at radius 1 is 1.21 bits per heavy atom. The highest BCUT2D eigenvalue weighted by atomic mass is 16.5. The molecule has 1 saturated heterocycles. The summed E-state index contributed by atoms with van der Waals surface area (Å²) in [4.78, 5) is 44.9. The number of methoxy groups -OCH3 is 2. The molecule has 9 nitrogen and oxygen atoms in total. The quantitative estimate of drug-likeness (QED) is 0.265. The lowest BCUT2D eigenvalue weighted by Gasteiger charge is -2.26. The topological polar surface area (TPSA) is 112 Å². The predicted octanol–water partition coefficient (Wildman–Crippen LogP) is 2.80. The number of benzene rings is 1. The van der Waals surface area contributed by atoms with Crippen LogP contribution in [0, 0.1) is 13.8 Å². The number of hydrogen-bond acceptors (Lipinski definition) is 7. The Hall–Kier alpha value is -3.59. The van der Waals surface area contributed by atoms with Gasteiger partial charge in [0.05, 0.1) is 25.8 Å². The van der Waals surface area contributed by atoms with Crippen molar-refractivity contribution in [2.24, 2.45) is 0 Å². The van der Waals surface area contributed by atoms with Crippen LogP contribution in [-0.4, -0.2) is 79.0 Å². The minimum Gasteiger partial charge on any atom is -0.507 e. The van der Waals surface area contributed by atoms with E-state index in [1.165, 1.54) is 19.1 Å². The fourth-order valence-corrected chi connectivity index (χ4v) is 4.37. The molecule has 0 unspecified atom stereocenters. The highest BCUT2D eigenvalue weighted by molar-refractivity contribution is 6.46. The molecule has 1 aromatic carbocycles. The van der Waals surface area contributed by atoms with E-state index in [4.69, 9.17) is 9.47 Å². The summed E-state index contributed by atoms with van der Waals surface area (Å²) in [6.45, 7) is 4.40. The predicted molar refractivity (Wildman–Crippen MR) is 127 cm³/mol. The molecule has 0 radical (unpaired) electrons. The van der Waals surface area contributed by atoms with Gasteiger partial charge in [-0.25, -0.2) is 4.79 Å². The minimum absolute atomic E-state index is 0.0234. The van der Waals surface area contributed by atoms with Gasteiger partial charge in [-0.2, -0.15) is 0 Å². The summed E-state index contributed by atoms with van der Waals surface area (Å²) in [5.74, 6) is -1.80. The zero-order valence-corrected chi connectivity index (χ0v) is 20.4. The number of amides is 1. The fourth-order valence-electron chi connectivity index (χ4n) is 4.37. The van der Waals surface area contributed by atoms with Crippen molar-refractivity contribution in [2.75, 3.05) is 41.4 Å². The first kappa shape index (κ1) is 25.0. The SMILES string of the molecule is COC(=O)c1[nH]c(C)c(C(O)=C2C(=O)C(=O)N(CCCN(C)C)[C@H]2c2cccc(OC)c2)c1C. The molecule has 3 rings (SSSR count). The van der Waals surface area contributed by atoms with Crippen molar-refractivity contribution in [1.82, 2.24) is 14.8 Å². The number of hydrogen-bond donors (Lipinski definition) is 2. The van der Waals surface area contributed by atoms with Crippen molar-refractivity contribution in [3.8, 4) is 5.75 Å². The second-order valence-electron chi connectivity index (χ2n) is 8.54. The summed E-state index contributed by atoms with van der Waals surface area (Å²) in [7, 11) is 6.67. The average molecular weight is 470 g/mol. The first-order chi connectivity index (χ1) is 16.1.